The second-order valence-corrected chi connectivity index (χ2v) is 3.12. The molecule has 0 aliphatic carbocycles. The van der Waals surface area contributed by atoms with E-state index in [-0.39, 0.29) is 0 Å². The molecule has 0 N–H and O–H groups in total. The molecular weight excluding hydrogens is 275 g/mol. The van der Waals surface area contributed by atoms with E-state index in [9.17, 15) is 26.7 Å². The maximum absolute atomic E-state index is 13.1. The van der Waals surface area contributed by atoms with Crippen LogP contribution in [0, 0.1) is 29.1 Å². The van der Waals surface area contributed by atoms with Gasteiger partial charge in [-0.2, -0.15) is 8.78 Å². The second kappa shape index (κ2) is 6.17. The van der Waals surface area contributed by atoms with Crippen molar-refractivity contribution in [2.75, 3.05) is 13.2 Å². The van der Waals surface area contributed by atoms with E-state index in [1.165, 1.54) is 0 Å². The first-order valence-electron chi connectivity index (χ1n) is 4.83. The van der Waals surface area contributed by atoms with Crippen LogP contribution in [0.25, 0.3) is 0 Å². The average Bonchev–Trinajstić information content (AvgIpc) is 2.41. The van der Waals surface area contributed by atoms with E-state index in [4.69, 9.17) is 0 Å². The fourth-order valence-electron chi connectivity index (χ4n) is 1.06. The number of hydrogen-bond acceptors (Lipinski definition) is 3. The van der Waals surface area contributed by atoms with Gasteiger partial charge in [0.2, 0.25) is 29.1 Å². The molecule has 0 aromatic heterocycles. The van der Waals surface area contributed by atoms with E-state index in [2.05, 4.69) is 16.1 Å². The van der Waals surface area contributed by atoms with Gasteiger partial charge in [0.1, 0.15) is 13.2 Å². The molecule has 0 heterocycles. The Bertz CT molecular complexity index is 487. The Morgan fingerprint density at radius 1 is 0.947 bits per heavy atom. The summed E-state index contributed by atoms with van der Waals surface area (Å²) in [4.78, 5) is 10.6. The Morgan fingerprint density at radius 3 is 1.89 bits per heavy atom. The van der Waals surface area contributed by atoms with Crippen LogP contribution in [-0.4, -0.2) is 19.2 Å². The smallest absolute Gasteiger partial charge is 0.330 e. The quantitative estimate of drug-likeness (QED) is 0.208. The normalized spacial score (nSPS) is 10.2. The highest BCUT2D eigenvalue weighted by Crippen LogP contribution is 2.28. The number of hydrogen-bond donors (Lipinski definition) is 0. The monoisotopic (exact) mass is 282 g/mol. The van der Waals surface area contributed by atoms with Crippen LogP contribution in [0.2, 0.25) is 0 Å². The van der Waals surface area contributed by atoms with Crippen molar-refractivity contribution in [2.24, 2.45) is 0 Å². The van der Waals surface area contributed by atoms with Gasteiger partial charge in [0.25, 0.3) is 0 Å². The van der Waals surface area contributed by atoms with Crippen LogP contribution in [-0.2, 0) is 9.53 Å². The number of esters is 1. The maximum Gasteiger partial charge on any atom is 0.330 e. The van der Waals surface area contributed by atoms with Gasteiger partial charge in [-0.1, -0.05) is 6.58 Å². The summed E-state index contributed by atoms with van der Waals surface area (Å²) >= 11 is 0. The largest absolute Gasteiger partial charge is 0.484 e. The van der Waals surface area contributed by atoms with Gasteiger partial charge in [0, 0.05) is 6.08 Å². The van der Waals surface area contributed by atoms with E-state index in [0.29, 0.717) is 0 Å². The van der Waals surface area contributed by atoms with Crippen LogP contribution in [0.3, 0.4) is 0 Å². The van der Waals surface area contributed by atoms with E-state index >= 15 is 0 Å². The summed E-state index contributed by atoms with van der Waals surface area (Å²) in [5.74, 6) is -12.9. The van der Waals surface area contributed by atoms with Crippen molar-refractivity contribution in [1.29, 1.82) is 0 Å². The van der Waals surface area contributed by atoms with Crippen molar-refractivity contribution in [1.82, 2.24) is 0 Å². The molecule has 8 heteroatoms. The molecule has 0 saturated heterocycles. The van der Waals surface area contributed by atoms with E-state index in [0.717, 1.165) is 6.08 Å². The predicted octanol–water partition coefficient (Wildman–Crippen LogP) is 2.49. The van der Waals surface area contributed by atoms with Crippen LogP contribution in [0.15, 0.2) is 12.7 Å². The number of carbonyl (C=O) groups is 1. The van der Waals surface area contributed by atoms with Crippen molar-refractivity contribution >= 4 is 5.97 Å². The van der Waals surface area contributed by atoms with Gasteiger partial charge >= 0.3 is 5.97 Å². The SMILES string of the molecule is C=CC(=O)OCCOc1c(F)c(F)c(F)c(F)c1F. The molecule has 1 aromatic rings. The van der Waals surface area contributed by atoms with Crippen LogP contribution in [0.4, 0.5) is 22.0 Å². The second-order valence-electron chi connectivity index (χ2n) is 3.12. The number of carbonyl (C=O) groups excluding carboxylic acids is 1. The lowest BCUT2D eigenvalue weighted by Crippen LogP contribution is -2.13. The average molecular weight is 282 g/mol. The van der Waals surface area contributed by atoms with Gasteiger partial charge < -0.3 is 9.47 Å². The molecular formula is C11H7F5O3. The summed E-state index contributed by atoms with van der Waals surface area (Å²) in [6.45, 7) is 2.06. The van der Waals surface area contributed by atoms with Gasteiger partial charge in [-0.25, -0.2) is 18.0 Å². The standard InChI is InChI=1S/C11H7F5O3/c1-2-5(17)18-3-4-19-11-9(15)7(13)6(12)8(14)10(11)16/h2H,1,3-4H2. The molecule has 19 heavy (non-hydrogen) atoms. The van der Waals surface area contributed by atoms with Crippen molar-refractivity contribution in [3.05, 3.63) is 41.7 Å². The molecule has 0 radical (unpaired) electrons. The summed E-state index contributed by atoms with van der Waals surface area (Å²) in [5.41, 5.74) is 0. The summed E-state index contributed by atoms with van der Waals surface area (Å²) in [7, 11) is 0. The van der Waals surface area contributed by atoms with Crippen molar-refractivity contribution in [3.63, 3.8) is 0 Å². The highest BCUT2D eigenvalue weighted by Gasteiger charge is 2.26. The van der Waals surface area contributed by atoms with E-state index in [1.54, 1.807) is 0 Å². The number of rotatable bonds is 5. The molecule has 0 fully saturated rings. The minimum Gasteiger partial charge on any atom is -0.484 e. The molecule has 0 saturated carbocycles. The third kappa shape index (κ3) is 3.21. The molecule has 0 amide bonds. The lowest BCUT2D eigenvalue weighted by molar-refractivity contribution is -0.138. The zero-order valence-corrected chi connectivity index (χ0v) is 9.31. The Labute approximate surface area is 104 Å². The zero-order chi connectivity index (χ0) is 14.6. The molecule has 1 rings (SSSR count). The Kier molecular flexibility index (Phi) is 4.85. The van der Waals surface area contributed by atoms with E-state index < -0.39 is 54.0 Å². The summed E-state index contributed by atoms with van der Waals surface area (Å²) in [6, 6.07) is 0. The number of benzene rings is 1. The van der Waals surface area contributed by atoms with Crippen LogP contribution in [0.1, 0.15) is 0 Å². The molecule has 3 nitrogen and oxygen atoms in total. The zero-order valence-electron chi connectivity index (χ0n) is 9.31. The highest BCUT2D eigenvalue weighted by atomic mass is 19.2. The molecule has 0 spiro atoms. The summed E-state index contributed by atoms with van der Waals surface area (Å²) in [6.07, 6.45) is 0.832. The maximum atomic E-state index is 13.1. The summed E-state index contributed by atoms with van der Waals surface area (Å²) in [5, 5.41) is 0. The molecule has 0 bridgehead atoms. The predicted molar refractivity (Wildman–Crippen MR) is 52.9 cm³/mol. The minimum absolute atomic E-state index is 0.440. The van der Waals surface area contributed by atoms with Crippen LogP contribution >= 0.6 is 0 Å². The number of halogens is 5. The fraction of sp³-hybridized carbons (Fsp3) is 0.182. The van der Waals surface area contributed by atoms with E-state index in [1.807, 2.05) is 0 Å². The molecule has 0 unspecified atom stereocenters. The van der Waals surface area contributed by atoms with Gasteiger partial charge in [-0.3, -0.25) is 0 Å². The van der Waals surface area contributed by atoms with Crippen molar-refractivity contribution in [3.8, 4) is 5.75 Å². The Balaban J connectivity index is 2.79. The van der Waals surface area contributed by atoms with Crippen molar-refractivity contribution < 1.29 is 36.2 Å². The lowest BCUT2D eigenvalue weighted by atomic mass is 10.2. The minimum atomic E-state index is -2.28. The van der Waals surface area contributed by atoms with Crippen LogP contribution in [0.5, 0.6) is 5.75 Å². The third-order valence-electron chi connectivity index (χ3n) is 1.91. The Morgan fingerprint density at radius 2 is 1.42 bits per heavy atom. The molecule has 0 aliphatic rings. The van der Waals surface area contributed by atoms with Gasteiger partial charge in [0.05, 0.1) is 0 Å². The highest BCUT2D eigenvalue weighted by molar-refractivity contribution is 5.81. The molecule has 0 atom stereocenters. The molecule has 0 aliphatic heterocycles. The first-order chi connectivity index (χ1) is 8.90. The first-order valence-corrected chi connectivity index (χ1v) is 4.83. The number of ether oxygens (including phenoxy) is 2. The molecule has 1 aromatic carbocycles. The van der Waals surface area contributed by atoms with Gasteiger partial charge in [-0.05, 0) is 0 Å². The first kappa shape index (κ1) is 14.9. The molecule has 104 valence electrons. The lowest BCUT2D eigenvalue weighted by Gasteiger charge is -2.10. The van der Waals surface area contributed by atoms with Crippen LogP contribution < -0.4 is 4.74 Å². The third-order valence-corrected chi connectivity index (χ3v) is 1.91. The van der Waals surface area contributed by atoms with Gasteiger partial charge in [0.15, 0.2) is 5.75 Å². The topological polar surface area (TPSA) is 35.5 Å². The fourth-order valence-corrected chi connectivity index (χ4v) is 1.06. The summed E-state index contributed by atoms with van der Waals surface area (Å²) < 4.78 is 73.1. The van der Waals surface area contributed by atoms with Crippen molar-refractivity contribution in [2.45, 2.75) is 0 Å². The van der Waals surface area contributed by atoms with Gasteiger partial charge in [-0.15, -0.1) is 0 Å². The Hall–Kier alpha value is -2.12.